The van der Waals surface area contributed by atoms with Gasteiger partial charge in [-0.25, -0.2) is 9.18 Å². The number of aliphatic carboxylic acids is 1. The molecule has 0 unspecified atom stereocenters. The van der Waals surface area contributed by atoms with Crippen molar-refractivity contribution in [3.63, 3.8) is 0 Å². The van der Waals surface area contributed by atoms with Crippen LogP contribution in [0.15, 0.2) is 18.2 Å². The summed E-state index contributed by atoms with van der Waals surface area (Å²) < 4.78 is 18.4. The van der Waals surface area contributed by atoms with Crippen molar-refractivity contribution in [2.75, 3.05) is 19.0 Å². The van der Waals surface area contributed by atoms with E-state index >= 15 is 0 Å². The number of ether oxygens (including phenoxy) is 1. The van der Waals surface area contributed by atoms with Crippen LogP contribution in [-0.4, -0.2) is 30.8 Å². The van der Waals surface area contributed by atoms with Gasteiger partial charge < -0.3 is 20.5 Å². The number of halogens is 1. The van der Waals surface area contributed by atoms with Gasteiger partial charge in [-0.05, 0) is 25.0 Å². The monoisotopic (exact) mass is 284 g/mol. The van der Waals surface area contributed by atoms with Crippen LogP contribution in [0.2, 0.25) is 0 Å². The van der Waals surface area contributed by atoms with Crippen LogP contribution in [-0.2, 0) is 4.79 Å². The fourth-order valence-corrected chi connectivity index (χ4v) is 1.50. The zero-order chi connectivity index (χ0) is 15.0. The molecule has 2 amide bonds. The zero-order valence-corrected chi connectivity index (χ0v) is 11.1. The van der Waals surface area contributed by atoms with E-state index in [0.29, 0.717) is 25.1 Å². The summed E-state index contributed by atoms with van der Waals surface area (Å²) in [7, 11) is 1.44. The molecular formula is C13H17FN2O4. The number of benzene rings is 1. The topological polar surface area (TPSA) is 87.7 Å². The van der Waals surface area contributed by atoms with Crippen molar-refractivity contribution in [3.05, 3.63) is 24.0 Å². The second kappa shape index (κ2) is 7.98. The Labute approximate surface area is 115 Å². The minimum Gasteiger partial charge on any atom is -0.497 e. The van der Waals surface area contributed by atoms with Crippen LogP contribution in [0.4, 0.5) is 14.9 Å². The van der Waals surface area contributed by atoms with Gasteiger partial charge in [-0.1, -0.05) is 0 Å². The minimum absolute atomic E-state index is 0.0207. The normalized spacial score (nSPS) is 9.90. The SMILES string of the molecule is COc1ccc(F)c(NC(=O)NCCCCC(=O)O)c1. The molecular weight excluding hydrogens is 267 g/mol. The number of amides is 2. The quantitative estimate of drug-likeness (QED) is 0.670. The lowest BCUT2D eigenvalue weighted by molar-refractivity contribution is -0.137. The molecule has 0 heterocycles. The summed E-state index contributed by atoms with van der Waals surface area (Å²) in [5, 5.41) is 13.3. The predicted octanol–water partition coefficient (Wildman–Crippen LogP) is 2.21. The number of urea groups is 1. The van der Waals surface area contributed by atoms with E-state index in [9.17, 15) is 14.0 Å². The number of unbranched alkanes of at least 4 members (excludes halogenated alkanes) is 1. The highest BCUT2D eigenvalue weighted by atomic mass is 19.1. The average molecular weight is 284 g/mol. The summed E-state index contributed by atoms with van der Waals surface area (Å²) in [6.45, 7) is 0.324. The van der Waals surface area contributed by atoms with Crippen LogP contribution >= 0.6 is 0 Å². The molecule has 0 bridgehead atoms. The molecule has 20 heavy (non-hydrogen) atoms. The first-order valence-electron chi connectivity index (χ1n) is 6.13. The van der Waals surface area contributed by atoms with E-state index in [0.717, 1.165) is 0 Å². The van der Waals surface area contributed by atoms with Crippen molar-refractivity contribution in [2.45, 2.75) is 19.3 Å². The third kappa shape index (κ3) is 5.55. The average Bonchev–Trinajstić information content (AvgIpc) is 2.40. The molecule has 6 nitrogen and oxygen atoms in total. The van der Waals surface area contributed by atoms with Gasteiger partial charge in [0.2, 0.25) is 0 Å². The van der Waals surface area contributed by atoms with Crippen molar-refractivity contribution < 1.29 is 23.8 Å². The molecule has 0 aliphatic carbocycles. The van der Waals surface area contributed by atoms with Crippen LogP contribution < -0.4 is 15.4 Å². The van der Waals surface area contributed by atoms with E-state index in [1.165, 1.54) is 25.3 Å². The maximum atomic E-state index is 13.4. The molecule has 110 valence electrons. The second-order valence-electron chi connectivity index (χ2n) is 4.08. The van der Waals surface area contributed by atoms with Gasteiger partial charge in [-0.15, -0.1) is 0 Å². The molecule has 0 saturated heterocycles. The lowest BCUT2D eigenvalue weighted by atomic mass is 10.2. The lowest BCUT2D eigenvalue weighted by Crippen LogP contribution is -2.29. The second-order valence-corrected chi connectivity index (χ2v) is 4.08. The number of rotatable bonds is 7. The molecule has 0 aliphatic heterocycles. The Bertz CT molecular complexity index is 479. The van der Waals surface area contributed by atoms with Crippen molar-refractivity contribution in [1.29, 1.82) is 0 Å². The molecule has 7 heteroatoms. The molecule has 0 saturated carbocycles. The highest BCUT2D eigenvalue weighted by Crippen LogP contribution is 2.20. The van der Waals surface area contributed by atoms with Crippen molar-refractivity contribution in [2.24, 2.45) is 0 Å². The van der Waals surface area contributed by atoms with E-state index in [1.807, 2.05) is 0 Å². The highest BCUT2D eigenvalue weighted by molar-refractivity contribution is 5.89. The van der Waals surface area contributed by atoms with Gasteiger partial charge in [0.25, 0.3) is 0 Å². The van der Waals surface area contributed by atoms with Gasteiger partial charge >= 0.3 is 12.0 Å². The number of carboxylic acids is 1. The first-order chi connectivity index (χ1) is 9.52. The van der Waals surface area contributed by atoms with E-state index in [2.05, 4.69) is 10.6 Å². The summed E-state index contributed by atoms with van der Waals surface area (Å²) in [6.07, 6.45) is 1.08. The first-order valence-corrected chi connectivity index (χ1v) is 6.13. The lowest BCUT2D eigenvalue weighted by Gasteiger charge is -2.09. The molecule has 0 aliphatic rings. The van der Waals surface area contributed by atoms with E-state index in [1.54, 1.807) is 0 Å². The summed E-state index contributed by atoms with van der Waals surface area (Å²) in [4.78, 5) is 21.8. The predicted molar refractivity (Wildman–Crippen MR) is 71.5 cm³/mol. The maximum absolute atomic E-state index is 13.4. The first kappa shape index (κ1) is 15.7. The van der Waals surface area contributed by atoms with E-state index < -0.39 is 17.8 Å². The van der Waals surface area contributed by atoms with Crippen molar-refractivity contribution in [3.8, 4) is 5.75 Å². The van der Waals surface area contributed by atoms with Crippen molar-refractivity contribution in [1.82, 2.24) is 5.32 Å². The smallest absolute Gasteiger partial charge is 0.319 e. The van der Waals surface area contributed by atoms with Gasteiger partial charge in [0.15, 0.2) is 0 Å². The number of carboxylic acid groups (broad SMARTS) is 1. The zero-order valence-electron chi connectivity index (χ0n) is 11.1. The Balaban J connectivity index is 2.37. The molecule has 1 rings (SSSR count). The third-order valence-corrected chi connectivity index (χ3v) is 2.52. The fraction of sp³-hybridized carbons (Fsp3) is 0.385. The molecule has 0 fully saturated rings. The summed E-state index contributed by atoms with van der Waals surface area (Å²) in [5.41, 5.74) is 0.0207. The van der Waals surface area contributed by atoms with Gasteiger partial charge in [0.1, 0.15) is 11.6 Å². The number of hydrogen-bond donors (Lipinski definition) is 3. The number of carbonyl (C=O) groups is 2. The van der Waals surface area contributed by atoms with Crippen LogP contribution in [0.5, 0.6) is 5.75 Å². The van der Waals surface area contributed by atoms with Crippen LogP contribution in [0.25, 0.3) is 0 Å². The number of carbonyl (C=O) groups excluding carboxylic acids is 1. The Hall–Kier alpha value is -2.31. The fourth-order valence-electron chi connectivity index (χ4n) is 1.50. The molecule has 0 spiro atoms. The van der Waals surface area contributed by atoms with E-state index in [-0.39, 0.29) is 12.1 Å². The minimum atomic E-state index is -0.868. The highest BCUT2D eigenvalue weighted by Gasteiger charge is 2.07. The van der Waals surface area contributed by atoms with Gasteiger partial charge in [-0.2, -0.15) is 0 Å². The number of anilines is 1. The molecule has 0 radical (unpaired) electrons. The van der Waals surface area contributed by atoms with Crippen molar-refractivity contribution >= 4 is 17.7 Å². The Morgan fingerprint density at radius 3 is 2.75 bits per heavy atom. The largest absolute Gasteiger partial charge is 0.497 e. The van der Waals surface area contributed by atoms with E-state index in [4.69, 9.17) is 9.84 Å². The number of nitrogens with one attached hydrogen (secondary N) is 2. The Morgan fingerprint density at radius 1 is 1.35 bits per heavy atom. The van der Waals surface area contributed by atoms with Crippen LogP contribution in [0, 0.1) is 5.82 Å². The Morgan fingerprint density at radius 2 is 2.10 bits per heavy atom. The third-order valence-electron chi connectivity index (χ3n) is 2.52. The summed E-state index contributed by atoms with van der Waals surface area (Å²) >= 11 is 0. The molecule has 0 aromatic heterocycles. The maximum Gasteiger partial charge on any atom is 0.319 e. The summed E-state index contributed by atoms with van der Waals surface area (Å²) in [6, 6.07) is 3.47. The van der Waals surface area contributed by atoms with Gasteiger partial charge in [0.05, 0.1) is 12.8 Å². The Kier molecular flexibility index (Phi) is 6.28. The van der Waals surface area contributed by atoms with Crippen LogP contribution in [0.3, 0.4) is 0 Å². The van der Waals surface area contributed by atoms with Gasteiger partial charge in [0, 0.05) is 19.0 Å². The molecule has 3 N–H and O–H groups in total. The number of hydrogen-bond acceptors (Lipinski definition) is 3. The molecule has 1 aromatic rings. The van der Waals surface area contributed by atoms with Gasteiger partial charge in [-0.3, -0.25) is 4.79 Å². The molecule has 0 atom stereocenters. The summed E-state index contributed by atoms with van der Waals surface area (Å²) in [5.74, 6) is -0.997. The van der Waals surface area contributed by atoms with Crippen LogP contribution in [0.1, 0.15) is 19.3 Å². The standard InChI is InChI=1S/C13H17FN2O4/c1-20-9-5-6-10(14)11(8-9)16-13(19)15-7-3-2-4-12(17)18/h5-6,8H,2-4,7H2,1H3,(H,17,18)(H2,15,16,19). The molecule has 1 aromatic carbocycles. The number of methoxy groups -OCH3 is 1.